The molecule has 104 valence electrons. The molecule has 0 saturated carbocycles. The van der Waals surface area contributed by atoms with Crippen molar-refractivity contribution in [1.82, 2.24) is 15.5 Å². The number of hydrogen-bond acceptors (Lipinski definition) is 2. The van der Waals surface area contributed by atoms with E-state index in [-0.39, 0.29) is 0 Å². The number of thiocarbonyl (C=S) groups is 1. The molecule has 0 aromatic heterocycles. The molecule has 1 aliphatic carbocycles. The number of likely N-dealkylation sites (N-methyl/N-ethyl adjacent to an activating group) is 1. The summed E-state index contributed by atoms with van der Waals surface area (Å²) in [5.41, 5.74) is 2.87. The maximum atomic E-state index is 5.38. The molecule has 1 aromatic rings. The van der Waals surface area contributed by atoms with Gasteiger partial charge >= 0.3 is 0 Å². The van der Waals surface area contributed by atoms with Crippen LogP contribution in [0.2, 0.25) is 0 Å². The largest absolute Gasteiger partial charge is 0.361 e. The second-order valence-corrected chi connectivity index (χ2v) is 5.76. The van der Waals surface area contributed by atoms with Gasteiger partial charge in [0.1, 0.15) is 0 Å². The molecule has 2 N–H and O–H groups in total. The normalized spacial score (nSPS) is 17.9. The first-order valence-corrected chi connectivity index (χ1v) is 7.34. The fourth-order valence-corrected chi connectivity index (χ4v) is 2.75. The summed E-state index contributed by atoms with van der Waals surface area (Å²) in [5.74, 6) is 0. The van der Waals surface area contributed by atoms with Crippen LogP contribution in [0.3, 0.4) is 0 Å². The smallest absolute Gasteiger partial charge is 0.166 e. The summed E-state index contributed by atoms with van der Waals surface area (Å²) >= 11 is 5.38. The van der Waals surface area contributed by atoms with Gasteiger partial charge in [-0.3, -0.25) is 0 Å². The molecule has 2 rings (SSSR count). The Hall–Kier alpha value is -1.13. The summed E-state index contributed by atoms with van der Waals surface area (Å²) in [6.45, 7) is 1.87. The van der Waals surface area contributed by atoms with Gasteiger partial charge in [-0.15, -0.1) is 0 Å². The first-order valence-electron chi connectivity index (χ1n) is 6.93. The zero-order valence-electron chi connectivity index (χ0n) is 11.8. The van der Waals surface area contributed by atoms with Gasteiger partial charge in [0.2, 0.25) is 0 Å². The summed E-state index contributed by atoms with van der Waals surface area (Å²) in [4.78, 5) is 2.14. The molecule has 1 aromatic carbocycles. The van der Waals surface area contributed by atoms with Crippen molar-refractivity contribution in [1.29, 1.82) is 0 Å². The number of nitrogens with zero attached hydrogens (tertiary/aromatic N) is 1. The highest BCUT2D eigenvalue weighted by molar-refractivity contribution is 7.80. The molecule has 0 spiro atoms. The predicted molar refractivity (Wildman–Crippen MR) is 84.4 cm³/mol. The number of benzene rings is 1. The molecule has 19 heavy (non-hydrogen) atoms. The van der Waals surface area contributed by atoms with Gasteiger partial charge in [0, 0.05) is 13.1 Å². The number of aryl methyl sites for hydroxylation is 1. The third-order valence-corrected chi connectivity index (χ3v) is 3.78. The molecule has 1 atom stereocenters. The minimum Gasteiger partial charge on any atom is -0.361 e. The van der Waals surface area contributed by atoms with Crippen LogP contribution in [-0.2, 0) is 6.42 Å². The van der Waals surface area contributed by atoms with Gasteiger partial charge in [0.15, 0.2) is 5.11 Å². The van der Waals surface area contributed by atoms with Crippen LogP contribution in [0.25, 0.3) is 0 Å². The number of hydrogen-bond donors (Lipinski definition) is 2. The van der Waals surface area contributed by atoms with E-state index in [4.69, 9.17) is 12.2 Å². The Balaban J connectivity index is 1.88. The standard InChI is InChI=1S/C15H23N3S/c1-18(2)11-10-16-15(19)17-14-9-5-7-12-6-3-4-8-13(12)14/h3-4,6,8,14H,5,7,9-11H2,1-2H3,(H2,16,17,19)/t14-/m1/s1. The van der Waals surface area contributed by atoms with Crippen LogP contribution in [0, 0.1) is 0 Å². The monoisotopic (exact) mass is 277 g/mol. The lowest BCUT2D eigenvalue weighted by Crippen LogP contribution is -2.41. The lowest BCUT2D eigenvalue weighted by Gasteiger charge is -2.27. The van der Waals surface area contributed by atoms with E-state index in [0.717, 1.165) is 24.6 Å². The van der Waals surface area contributed by atoms with Crippen molar-refractivity contribution >= 4 is 17.3 Å². The molecule has 0 saturated heterocycles. The van der Waals surface area contributed by atoms with Crippen molar-refractivity contribution in [2.75, 3.05) is 27.2 Å². The van der Waals surface area contributed by atoms with Crippen LogP contribution >= 0.6 is 12.2 Å². The van der Waals surface area contributed by atoms with E-state index in [1.165, 1.54) is 24.0 Å². The van der Waals surface area contributed by atoms with E-state index in [1.54, 1.807) is 0 Å². The SMILES string of the molecule is CN(C)CCNC(=S)N[C@@H]1CCCc2ccccc21. The molecule has 0 radical (unpaired) electrons. The minimum absolute atomic E-state index is 0.365. The van der Waals surface area contributed by atoms with Crippen LogP contribution in [0.1, 0.15) is 30.0 Å². The zero-order chi connectivity index (χ0) is 13.7. The Labute approximate surface area is 121 Å². The van der Waals surface area contributed by atoms with Gasteiger partial charge in [-0.1, -0.05) is 24.3 Å². The molecular weight excluding hydrogens is 254 g/mol. The second-order valence-electron chi connectivity index (χ2n) is 5.35. The van der Waals surface area contributed by atoms with E-state index < -0.39 is 0 Å². The molecule has 0 unspecified atom stereocenters. The molecule has 0 amide bonds. The van der Waals surface area contributed by atoms with E-state index in [0.29, 0.717) is 6.04 Å². The lowest BCUT2D eigenvalue weighted by molar-refractivity contribution is 0.411. The topological polar surface area (TPSA) is 27.3 Å². The fraction of sp³-hybridized carbons (Fsp3) is 0.533. The van der Waals surface area contributed by atoms with Crippen LogP contribution in [0.15, 0.2) is 24.3 Å². The molecule has 0 aliphatic heterocycles. The maximum absolute atomic E-state index is 5.38. The van der Waals surface area contributed by atoms with Gasteiger partial charge in [0.05, 0.1) is 6.04 Å². The third kappa shape index (κ3) is 4.18. The van der Waals surface area contributed by atoms with Crippen molar-refractivity contribution in [3.8, 4) is 0 Å². The first-order chi connectivity index (χ1) is 9.16. The Kier molecular flexibility index (Phi) is 5.16. The zero-order valence-corrected chi connectivity index (χ0v) is 12.6. The molecule has 1 aliphatic rings. The van der Waals surface area contributed by atoms with Gasteiger partial charge in [-0.25, -0.2) is 0 Å². The van der Waals surface area contributed by atoms with Crippen LogP contribution in [0.5, 0.6) is 0 Å². The van der Waals surface area contributed by atoms with Gasteiger partial charge in [0.25, 0.3) is 0 Å². The Morgan fingerprint density at radius 3 is 2.95 bits per heavy atom. The third-order valence-electron chi connectivity index (χ3n) is 3.52. The average molecular weight is 277 g/mol. The minimum atomic E-state index is 0.365. The van der Waals surface area contributed by atoms with E-state index in [9.17, 15) is 0 Å². The van der Waals surface area contributed by atoms with E-state index in [1.807, 2.05) is 0 Å². The molecule has 0 bridgehead atoms. The number of rotatable bonds is 4. The summed E-state index contributed by atoms with van der Waals surface area (Å²) < 4.78 is 0. The molecule has 0 heterocycles. The van der Waals surface area contributed by atoms with Crippen molar-refractivity contribution < 1.29 is 0 Å². The quantitative estimate of drug-likeness (QED) is 0.824. The first kappa shape index (κ1) is 14.3. The van der Waals surface area contributed by atoms with Crippen molar-refractivity contribution in [2.45, 2.75) is 25.3 Å². The maximum Gasteiger partial charge on any atom is 0.166 e. The molecule has 0 fully saturated rings. The Morgan fingerprint density at radius 2 is 2.16 bits per heavy atom. The van der Waals surface area contributed by atoms with Crippen LogP contribution < -0.4 is 10.6 Å². The Morgan fingerprint density at radius 1 is 1.37 bits per heavy atom. The van der Waals surface area contributed by atoms with Crippen molar-refractivity contribution in [3.63, 3.8) is 0 Å². The highest BCUT2D eigenvalue weighted by atomic mass is 32.1. The summed E-state index contributed by atoms with van der Waals surface area (Å²) in [6, 6.07) is 9.04. The molecule has 4 heteroatoms. The van der Waals surface area contributed by atoms with Crippen molar-refractivity contribution in [3.05, 3.63) is 35.4 Å². The predicted octanol–water partition coefficient (Wildman–Crippen LogP) is 2.09. The average Bonchev–Trinajstić information content (AvgIpc) is 2.39. The van der Waals surface area contributed by atoms with E-state index in [2.05, 4.69) is 53.9 Å². The second kappa shape index (κ2) is 6.87. The number of fused-ring (bicyclic) bond motifs is 1. The lowest BCUT2D eigenvalue weighted by atomic mass is 9.88. The number of nitrogens with one attached hydrogen (secondary N) is 2. The molecular formula is C15H23N3S. The van der Waals surface area contributed by atoms with Crippen LogP contribution in [0.4, 0.5) is 0 Å². The Bertz CT molecular complexity index is 431. The van der Waals surface area contributed by atoms with Gasteiger partial charge in [-0.2, -0.15) is 0 Å². The van der Waals surface area contributed by atoms with Gasteiger partial charge < -0.3 is 15.5 Å². The van der Waals surface area contributed by atoms with E-state index >= 15 is 0 Å². The highest BCUT2D eigenvalue weighted by Gasteiger charge is 2.19. The van der Waals surface area contributed by atoms with Gasteiger partial charge in [-0.05, 0) is 56.7 Å². The van der Waals surface area contributed by atoms with Crippen molar-refractivity contribution in [2.24, 2.45) is 0 Å². The fourth-order valence-electron chi connectivity index (χ4n) is 2.51. The molecule has 3 nitrogen and oxygen atoms in total. The summed E-state index contributed by atoms with van der Waals surface area (Å²) in [6.07, 6.45) is 3.58. The van der Waals surface area contributed by atoms with Crippen LogP contribution in [-0.4, -0.2) is 37.2 Å². The highest BCUT2D eigenvalue weighted by Crippen LogP contribution is 2.29. The summed E-state index contributed by atoms with van der Waals surface area (Å²) in [5, 5.41) is 7.49. The summed E-state index contributed by atoms with van der Waals surface area (Å²) in [7, 11) is 4.13.